The molecule has 32 heavy (non-hydrogen) atoms. The zero-order valence-corrected chi connectivity index (χ0v) is 17.6. The Kier molecular flexibility index (Phi) is 7.12. The Balaban J connectivity index is 1.56. The van der Waals surface area contributed by atoms with Gasteiger partial charge in [0.2, 0.25) is 0 Å². The molecular formula is C22H23F3N2O5. The van der Waals surface area contributed by atoms with Gasteiger partial charge in [-0.2, -0.15) is 13.2 Å². The van der Waals surface area contributed by atoms with Crippen LogP contribution in [0.1, 0.15) is 15.9 Å². The lowest BCUT2D eigenvalue weighted by Gasteiger charge is -2.36. The first-order chi connectivity index (χ1) is 15.2. The molecule has 2 aromatic rings. The smallest absolute Gasteiger partial charge is 0.416 e. The highest BCUT2D eigenvalue weighted by molar-refractivity contribution is 5.90. The third-order valence-corrected chi connectivity index (χ3v) is 5.11. The number of benzene rings is 2. The number of methoxy groups -OCH3 is 2. The number of halogens is 3. The third kappa shape index (κ3) is 5.43. The van der Waals surface area contributed by atoms with Crippen LogP contribution in [0.15, 0.2) is 42.5 Å². The van der Waals surface area contributed by atoms with Crippen molar-refractivity contribution >= 4 is 17.6 Å². The number of ether oxygens (including phenoxy) is 3. The van der Waals surface area contributed by atoms with Crippen LogP contribution in [0, 0.1) is 0 Å². The number of nitrogens with zero attached hydrogens (tertiary/aromatic N) is 2. The maximum atomic E-state index is 12.9. The topological polar surface area (TPSA) is 68.3 Å². The molecule has 0 aliphatic carbocycles. The molecule has 0 aromatic heterocycles. The van der Waals surface area contributed by atoms with E-state index >= 15 is 0 Å². The molecule has 1 amide bonds. The standard InChI is InChI=1S/C22H23F3N2O5/c1-30-19-12-15(21(29)31-2)6-7-18(19)32-14-20(28)27-10-8-26(9-11-27)17-5-3-4-16(13-17)22(23,24)25/h3-7,12-13H,8-11,14H2,1-2H3. The molecule has 0 saturated carbocycles. The molecule has 0 spiro atoms. The fourth-order valence-corrected chi connectivity index (χ4v) is 3.36. The van der Waals surface area contributed by atoms with Crippen molar-refractivity contribution in [3.05, 3.63) is 53.6 Å². The van der Waals surface area contributed by atoms with E-state index in [1.165, 1.54) is 38.5 Å². The number of carbonyl (C=O) groups excluding carboxylic acids is 2. The highest BCUT2D eigenvalue weighted by atomic mass is 19.4. The molecule has 1 saturated heterocycles. The molecule has 0 radical (unpaired) electrons. The molecule has 1 aliphatic rings. The molecule has 0 N–H and O–H groups in total. The van der Waals surface area contributed by atoms with Crippen LogP contribution in [0.5, 0.6) is 11.5 Å². The first-order valence-electron chi connectivity index (χ1n) is 9.82. The second-order valence-electron chi connectivity index (χ2n) is 7.06. The Hall–Kier alpha value is -3.43. The minimum Gasteiger partial charge on any atom is -0.493 e. The normalized spacial score (nSPS) is 14.2. The zero-order valence-electron chi connectivity index (χ0n) is 17.6. The summed E-state index contributed by atoms with van der Waals surface area (Å²) in [6.45, 7) is 1.29. The van der Waals surface area contributed by atoms with E-state index in [9.17, 15) is 22.8 Å². The van der Waals surface area contributed by atoms with Gasteiger partial charge in [0.15, 0.2) is 18.1 Å². The van der Waals surface area contributed by atoms with Gasteiger partial charge in [-0.05, 0) is 36.4 Å². The zero-order chi connectivity index (χ0) is 23.3. The van der Waals surface area contributed by atoms with Crippen LogP contribution in [0.4, 0.5) is 18.9 Å². The summed E-state index contributed by atoms with van der Waals surface area (Å²) in [7, 11) is 2.68. The van der Waals surface area contributed by atoms with Crippen molar-refractivity contribution in [2.45, 2.75) is 6.18 Å². The molecular weight excluding hydrogens is 429 g/mol. The largest absolute Gasteiger partial charge is 0.493 e. The Labute approximate surface area is 183 Å². The van der Waals surface area contributed by atoms with Crippen molar-refractivity contribution in [2.24, 2.45) is 0 Å². The van der Waals surface area contributed by atoms with Gasteiger partial charge in [-0.3, -0.25) is 4.79 Å². The van der Waals surface area contributed by atoms with E-state index < -0.39 is 17.7 Å². The summed E-state index contributed by atoms with van der Waals surface area (Å²) >= 11 is 0. The Morgan fingerprint density at radius 3 is 2.31 bits per heavy atom. The van der Waals surface area contributed by atoms with E-state index in [0.29, 0.717) is 37.6 Å². The van der Waals surface area contributed by atoms with Crippen LogP contribution < -0.4 is 14.4 Å². The average Bonchev–Trinajstić information content (AvgIpc) is 2.81. The molecule has 0 bridgehead atoms. The summed E-state index contributed by atoms with van der Waals surface area (Å²) in [6, 6.07) is 9.63. The van der Waals surface area contributed by atoms with Gasteiger partial charge >= 0.3 is 12.1 Å². The summed E-state index contributed by atoms with van der Waals surface area (Å²) < 4.78 is 54.3. The van der Waals surface area contributed by atoms with E-state index in [0.717, 1.165) is 12.1 Å². The minimum absolute atomic E-state index is 0.239. The maximum absolute atomic E-state index is 12.9. The van der Waals surface area contributed by atoms with Crippen LogP contribution in [-0.4, -0.2) is 63.8 Å². The van der Waals surface area contributed by atoms with Gasteiger partial charge in [-0.25, -0.2) is 4.79 Å². The number of carbonyl (C=O) groups is 2. The lowest BCUT2D eigenvalue weighted by molar-refractivity contribution is -0.137. The number of amides is 1. The van der Waals surface area contributed by atoms with Gasteiger partial charge in [-0.15, -0.1) is 0 Å². The number of esters is 1. The van der Waals surface area contributed by atoms with Gasteiger partial charge in [0.1, 0.15) is 0 Å². The lowest BCUT2D eigenvalue weighted by atomic mass is 10.1. The number of piperazine rings is 1. The number of alkyl halides is 3. The predicted octanol–water partition coefficient (Wildman–Crippen LogP) is 3.23. The van der Waals surface area contributed by atoms with Gasteiger partial charge in [0, 0.05) is 31.9 Å². The molecule has 2 aromatic carbocycles. The van der Waals surface area contributed by atoms with Crippen molar-refractivity contribution in [3.8, 4) is 11.5 Å². The van der Waals surface area contributed by atoms with E-state index in [1.807, 2.05) is 4.90 Å². The van der Waals surface area contributed by atoms with Crippen LogP contribution in [0.2, 0.25) is 0 Å². The SMILES string of the molecule is COC(=O)c1ccc(OCC(=O)N2CCN(c3cccc(C(F)(F)F)c3)CC2)c(OC)c1. The molecule has 1 fully saturated rings. The highest BCUT2D eigenvalue weighted by Crippen LogP contribution is 2.32. The van der Waals surface area contributed by atoms with Crippen molar-refractivity contribution in [2.75, 3.05) is 51.9 Å². The van der Waals surface area contributed by atoms with Crippen molar-refractivity contribution in [1.82, 2.24) is 4.90 Å². The van der Waals surface area contributed by atoms with E-state index in [2.05, 4.69) is 4.74 Å². The van der Waals surface area contributed by atoms with Gasteiger partial charge in [0.05, 0.1) is 25.3 Å². The van der Waals surface area contributed by atoms with Gasteiger partial charge in [0.25, 0.3) is 5.91 Å². The molecule has 1 heterocycles. The maximum Gasteiger partial charge on any atom is 0.416 e. The van der Waals surface area contributed by atoms with E-state index in [-0.39, 0.29) is 23.8 Å². The number of anilines is 1. The van der Waals surface area contributed by atoms with Crippen LogP contribution in [0.25, 0.3) is 0 Å². The fraction of sp³-hybridized carbons (Fsp3) is 0.364. The molecule has 7 nitrogen and oxygen atoms in total. The van der Waals surface area contributed by atoms with Crippen LogP contribution >= 0.6 is 0 Å². The third-order valence-electron chi connectivity index (χ3n) is 5.11. The van der Waals surface area contributed by atoms with Crippen LogP contribution in [-0.2, 0) is 15.7 Å². The summed E-state index contributed by atoms with van der Waals surface area (Å²) in [5.41, 5.74) is 0.0569. The average molecular weight is 452 g/mol. The van der Waals surface area contributed by atoms with Gasteiger partial charge < -0.3 is 24.0 Å². The lowest BCUT2D eigenvalue weighted by Crippen LogP contribution is -2.50. The molecule has 172 valence electrons. The summed E-state index contributed by atoms with van der Waals surface area (Å²) in [6.07, 6.45) is -4.40. The minimum atomic E-state index is -4.40. The second-order valence-corrected chi connectivity index (χ2v) is 7.06. The molecule has 1 aliphatic heterocycles. The number of rotatable bonds is 6. The first-order valence-corrected chi connectivity index (χ1v) is 9.82. The number of hydrogen-bond donors (Lipinski definition) is 0. The molecule has 3 rings (SSSR count). The Morgan fingerprint density at radius 2 is 1.69 bits per heavy atom. The predicted molar refractivity (Wildman–Crippen MR) is 110 cm³/mol. The second kappa shape index (κ2) is 9.80. The summed E-state index contributed by atoms with van der Waals surface area (Å²) in [4.78, 5) is 27.6. The van der Waals surface area contributed by atoms with Crippen LogP contribution in [0.3, 0.4) is 0 Å². The number of hydrogen-bond acceptors (Lipinski definition) is 6. The van der Waals surface area contributed by atoms with Crippen molar-refractivity contribution in [1.29, 1.82) is 0 Å². The molecule has 0 atom stereocenters. The first kappa shape index (κ1) is 23.2. The highest BCUT2D eigenvalue weighted by Gasteiger charge is 2.31. The van der Waals surface area contributed by atoms with Gasteiger partial charge in [-0.1, -0.05) is 6.07 Å². The Morgan fingerprint density at radius 1 is 0.969 bits per heavy atom. The quantitative estimate of drug-likeness (QED) is 0.627. The van der Waals surface area contributed by atoms with Crippen molar-refractivity contribution < 1.29 is 37.0 Å². The molecule has 0 unspecified atom stereocenters. The van der Waals surface area contributed by atoms with E-state index in [1.54, 1.807) is 11.0 Å². The Bertz CT molecular complexity index is 972. The summed E-state index contributed by atoms with van der Waals surface area (Å²) in [5, 5.41) is 0. The van der Waals surface area contributed by atoms with E-state index in [4.69, 9.17) is 9.47 Å². The monoisotopic (exact) mass is 452 g/mol. The molecule has 10 heteroatoms. The summed E-state index contributed by atoms with van der Waals surface area (Å²) in [5.74, 6) is -0.191. The van der Waals surface area contributed by atoms with Crippen molar-refractivity contribution in [3.63, 3.8) is 0 Å². The fourth-order valence-electron chi connectivity index (χ4n) is 3.36.